The number of hydrogen-bond acceptors (Lipinski definition) is 0. The van der Waals surface area contributed by atoms with Crippen LogP contribution < -0.4 is 0 Å². The zero-order chi connectivity index (χ0) is 14.7. The summed E-state index contributed by atoms with van der Waals surface area (Å²) in [5, 5.41) is 0. The Morgan fingerprint density at radius 3 is 1.30 bits per heavy atom. The number of hydrogen-bond donors (Lipinski definition) is 0. The summed E-state index contributed by atoms with van der Waals surface area (Å²) < 4.78 is 0. The lowest BCUT2D eigenvalue weighted by molar-refractivity contribution is 0.000733. The summed E-state index contributed by atoms with van der Waals surface area (Å²) in [7, 11) is 0. The molecular weight excluding hydrogens is 244 g/mol. The van der Waals surface area contributed by atoms with Gasteiger partial charge in [0.1, 0.15) is 0 Å². The van der Waals surface area contributed by atoms with Crippen LogP contribution >= 0.6 is 0 Å². The molecule has 0 N–H and O–H groups in total. The van der Waals surface area contributed by atoms with Gasteiger partial charge in [0.25, 0.3) is 6.21 Å². The summed E-state index contributed by atoms with van der Waals surface area (Å²) in [6, 6.07) is 0. The first kappa shape index (κ1) is 19.4. The minimum absolute atomic E-state index is 0.925. The van der Waals surface area contributed by atoms with Crippen LogP contribution in [0, 0.1) is 0 Å². The van der Waals surface area contributed by atoms with E-state index in [9.17, 15) is 0 Å². The number of nitrogens with zero attached hydrogens (tertiary/aromatic N) is 2. The van der Waals surface area contributed by atoms with Crippen molar-refractivity contribution in [3.05, 3.63) is 5.53 Å². The maximum Gasteiger partial charge on any atom is 0.257 e. The first-order chi connectivity index (χ1) is 9.91. The molecule has 0 aliphatic carbocycles. The average molecular weight is 280 g/mol. The maximum absolute atomic E-state index is 8.25. The quantitative estimate of drug-likeness (QED) is 0.133. The molecule has 0 aromatic rings. The van der Waals surface area contributed by atoms with E-state index in [1.807, 2.05) is 0 Å². The lowest BCUT2D eigenvalue weighted by Gasteiger charge is -2.02. The number of rotatable bonds is 16. The molecule has 0 heterocycles. The molecule has 0 aromatic carbocycles. The van der Waals surface area contributed by atoms with Gasteiger partial charge in [-0.1, -0.05) is 96.8 Å². The predicted octanol–water partition coefficient (Wildman–Crippen LogP) is 6.55. The topological polar surface area (TPSA) is 36.4 Å². The van der Waals surface area contributed by atoms with Gasteiger partial charge in [-0.3, -0.25) is 0 Å². The molecule has 0 unspecified atom stereocenters. The first-order valence-corrected chi connectivity index (χ1v) is 9.07. The van der Waals surface area contributed by atoms with Crippen molar-refractivity contribution in [2.24, 2.45) is 0 Å². The van der Waals surface area contributed by atoms with Crippen LogP contribution in [0.15, 0.2) is 0 Å². The van der Waals surface area contributed by atoms with Crippen molar-refractivity contribution >= 4 is 6.21 Å². The third kappa shape index (κ3) is 17.4. The van der Waals surface area contributed by atoms with E-state index >= 15 is 0 Å². The molecule has 0 saturated heterocycles. The molecule has 20 heavy (non-hydrogen) atoms. The Bertz CT molecular complexity index is 219. The van der Waals surface area contributed by atoms with Crippen LogP contribution in [0.2, 0.25) is 0 Å². The molecule has 0 spiro atoms. The first-order valence-electron chi connectivity index (χ1n) is 9.07. The molecule has 0 aliphatic rings. The zero-order valence-corrected chi connectivity index (χ0v) is 13.8. The van der Waals surface area contributed by atoms with E-state index in [-0.39, 0.29) is 0 Å². The van der Waals surface area contributed by atoms with Gasteiger partial charge in [0.15, 0.2) is 0 Å². The van der Waals surface area contributed by atoms with Crippen molar-refractivity contribution in [2.75, 3.05) is 0 Å². The van der Waals surface area contributed by atoms with Gasteiger partial charge < -0.3 is 5.53 Å². The molecule has 2 nitrogen and oxygen atoms in total. The zero-order valence-electron chi connectivity index (χ0n) is 13.8. The number of unbranched alkanes of at least 4 members (excludes halogenated alkanes) is 15. The molecule has 0 atom stereocenters. The molecule has 0 aromatic heterocycles. The fourth-order valence-electron chi connectivity index (χ4n) is 2.66. The van der Waals surface area contributed by atoms with E-state index < -0.39 is 0 Å². The van der Waals surface area contributed by atoms with E-state index in [0.29, 0.717) is 0 Å². The van der Waals surface area contributed by atoms with Gasteiger partial charge in [0.05, 0.1) is 0 Å². The molecule has 0 fully saturated rings. The predicted molar refractivity (Wildman–Crippen MR) is 89.2 cm³/mol. The molecule has 0 amide bonds. The highest BCUT2D eigenvalue weighted by atomic mass is 14.8. The van der Waals surface area contributed by atoms with Crippen LogP contribution in [0.1, 0.15) is 110 Å². The third-order valence-electron chi connectivity index (χ3n) is 4.02. The van der Waals surface area contributed by atoms with Gasteiger partial charge in [-0.15, -0.1) is 0 Å². The Morgan fingerprint density at radius 2 is 0.950 bits per heavy atom. The summed E-state index contributed by atoms with van der Waals surface area (Å²) in [5.74, 6) is 0. The molecule has 0 radical (unpaired) electrons. The molecule has 2 heteroatoms. The van der Waals surface area contributed by atoms with E-state index in [1.165, 1.54) is 96.3 Å². The maximum atomic E-state index is 8.25. The van der Waals surface area contributed by atoms with E-state index in [4.69, 9.17) is 5.53 Å². The SMILES string of the molecule is CCCCCCCCCCCCCCCCCC=[N+]=[N-]. The second kappa shape index (κ2) is 18.4. The average Bonchev–Trinajstić information content (AvgIpc) is 2.47. The normalized spacial score (nSPS) is 10.4. The lowest BCUT2D eigenvalue weighted by Crippen LogP contribution is -1.84. The molecule has 0 bridgehead atoms. The highest BCUT2D eigenvalue weighted by Gasteiger charge is 1.94. The van der Waals surface area contributed by atoms with Crippen LogP contribution in [0.5, 0.6) is 0 Å². The molecule has 0 saturated carbocycles. The van der Waals surface area contributed by atoms with Crippen molar-refractivity contribution in [1.82, 2.24) is 0 Å². The Hall–Kier alpha value is -0.620. The van der Waals surface area contributed by atoms with Crippen LogP contribution in [0.25, 0.3) is 5.53 Å². The van der Waals surface area contributed by atoms with Crippen molar-refractivity contribution in [3.63, 3.8) is 0 Å². The second-order valence-corrected chi connectivity index (χ2v) is 6.04. The lowest BCUT2D eigenvalue weighted by atomic mass is 10.0. The van der Waals surface area contributed by atoms with Crippen molar-refractivity contribution in [2.45, 2.75) is 110 Å². The Kier molecular flexibility index (Phi) is 17.8. The van der Waals surface area contributed by atoms with E-state index in [0.717, 1.165) is 6.42 Å². The van der Waals surface area contributed by atoms with Gasteiger partial charge in [-0.05, 0) is 6.42 Å². The smallest absolute Gasteiger partial charge is 0.257 e. The van der Waals surface area contributed by atoms with Crippen molar-refractivity contribution in [3.8, 4) is 0 Å². The van der Waals surface area contributed by atoms with Crippen molar-refractivity contribution in [1.29, 1.82) is 0 Å². The van der Waals surface area contributed by atoms with Crippen LogP contribution in [-0.2, 0) is 0 Å². The van der Waals surface area contributed by atoms with Crippen LogP contribution in [0.4, 0.5) is 0 Å². The highest BCUT2D eigenvalue weighted by molar-refractivity contribution is 5.49. The minimum Gasteiger partial charge on any atom is -0.362 e. The third-order valence-corrected chi connectivity index (χ3v) is 4.02. The van der Waals surface area contributed by atoms with Gasteiger partial charge in [0, 0.05) is 6.42 Å². The van der Waals surface area contributed by atoms with E-state index in [2.05, 4.69) is 11.7 Å². The second-order valence-electron chi connectivity index (χ2n) is 6.04. The van der Waals surface area contributed by atoms with Gasteiger partial charge in [0.2, 0.25) is 0 Å². The summed E-state index contributed by atoms with van der Waals surface area (Å²) in [6.07, 6.45) is 23.5. The highest BCUT2D eigenvalue weighted by Crippen LogP contribution is 2.13. The summed E-state index contributed by atoms with van der Waals surface area (Å²) in [4.78, 5) is 3.01. The van der Waals surface area contributed by atoms with Gasteiger partial charge >= 0.3 is 0 Å². The standard InChI is InChI=1S/C18H36N2/c1-2-3-4-5-6-7-8-9-10-11-12-13-14-15-16-17-18-20-19/h18H,2-17H2,1H3. The van der Waals surface area contributed by atoms with Crippen molar-refractivity contribution < 1.29 is 4.79 Å². The molecule has 118 valence electrons. The van der Waals surface area contributed by atoms with E-state index in [1.54, 1.807) is 6.21 Å². The fraction of sp³-hybridized carbons (Fsp3) is 0.944. The summed E-state index contributed by atoms with van der Waals surface area (Å²) >= 11 is 0. The summed E-state index contributed by atoms with van der Waals surface area (Å²) in [5.41, 5.74) is 8.25. The Labute approximate surface area is 127 Å². The summed E-state index contributed by atoms with van der Waals surface area (Å²) in [6.45, 7) is 2.28. The minimum atomic E-state index is 0.925. The van der Waals surface area contributed by atoms with Crippen LogP contribution in [0.3, 0.4) is 0 Å². The monoisotopic (exact) mass is 280 g/mol. The fourth-order valence-corrected chi connectivity index (χ4v) is 2.66. The van der Waals surface area contributed by atoms with Crippen LogP contribution in [-0.4, -0.2) is 11.0 Å². The molecule has 0 aliphatic heterocycles. The van der Waals surface area contributed by atoms with Gasteiger partial charge in [-0.2, -0.15) is 4.79 Å². The van der Waals surface area contributed by atoms with Gasteiger partial charge in [-0.25, -0.2) is 0 Å². The Balaban J connectivity index is 2.94. The Morgan fingerprint density at radius 1 is 0.600 bits per heavy atom. The molecule has 0 rings (SSSR count). The largest absolute Gasteiger partial charge is 0.362 e. The molecular formula is C18H36N2.